The summed E-state index contributed by atoms with van der Waals surface area (Å²) < 4.78 is 13.3. The summed E-state index contributed by atoms with van der Waals surface area (Å²) in [5.41, 5.74) is 5.18. The molecule has 0 spiro atoms. The van der Waals surface area contributed by atoms with Gasteiger partial charge in [-0.1, -0.05) is 66.7 Å². The van der Waals surface area contributed by atoms with E-state index in [0.29, 0.717) is 35.5 Å². The minimum Gasteiger partial charge on any atom is -0.508 e. The fourth-order valence-electron chi connectivity index (χ4n) is 5.54. The molecule has 5 rings (SSSR count). The van der Waals surface area contributed by atoms with Crippen molar-refractivity contribution in [3.8, 4) is 16.9 Å². The van der Waals surface area contributed by atoms with Gasteiger partial charge in [0.25, 0.3) is 0 Å². The molecule has 0 saturated carbocycles. The van der Waals surface area contributed by atoms with Crippen LogP contribution in [0.25, 0.3) is 11.1 Å². The van der Waals surface area contributed by atoms with E-state index in [1.54, 1.807) is 18.2 Å². The molecule has 0 radical (unpaired) electrons. The maximum Gasteiger partial charge on any atom is 0.176 e. The van der Waals surface area contributed by atoms with Crippen LogP contribution in [-0.4, -0.2) is 38.4 Å². The summed E-state index contributed by atoms with van der Waals surface area (Å²) in [7, 11) is 1.97. The van der Waals surface area contributed by atoms with Gasteiger partial charge in [-0.05, 0) is 84.1 Å². The number of hydrogen-bond donors (Lipinski definition) is 3. The van der Waals surface area contributed by atoms with Gasteiger partial charge in [0, 0.05) is 18.3 Å². The van der Waals surface area contributed by atoms with Crippen LogP contribution in [-0.2, 0) is 6.61 Å². The molecule has 1 aliphatic rings. The first kappa shape index (κ1) is 27.8. The molecule has 1 aliphatic heterocycles. The van der Waals surface area contributed by atoms with E-state index in [4.69, 9.17) is 12.2 Å². The molecule has 5 nitrogen and oxygen atoms in total. The van der Waals surface area contributed by atoms with Crippen molar-refractivity contribution in [2.75, 3.05) is 11.9 Å². The third kappa shape index (κ3) is 5.72. The van der Waals surface area contributed by atoms with Gasteiger partial charge in [0.05, 0.1) is 24.8 Å². The predicted octanol–water partition coefficient (Wildman–Crippen LogP) is 6.74. The van der Waals surface area contributed by atoms with Gasteiger partial charge in [0.15, 0.2) is 5.11 Å². The lowest BCUT2D eigenvalue weighted by molar-refractivity contribution is 0.159. The van der Waals surface area contributed by atoms with E-state index in [1.165, 1.54) is 12.1 Å². The van der Waals surface area contributed by atoms with Crippen molar-refractivity contribution in [1.29, 1.82) is 0 Å². The van der Waals surface area contributed by atoms with Gasteiger partial charge in [0.1, 0.15) is 11.6 Å². The van der Waals surface area contributed by atoms with Crippen molar-refractivity contribution in [2.45, 2.75) is 44.1 Å². The lowest BCUT2D eigenvalue weighted by Gasteiger charge is -2.29. The second-order valence-corrected chi connectivity index (χ2v) is 10.6. The Morgan fingerprint density at radius 3 is 2.23 bits per heavy atom. The molecule has 40 heavy (non-hydrogen) atoms. The van der Waals surface area contributed by atoms with Crippen molar-refractivity contribution in [3.63, 3.8) is 0 Å². The van der Waals surface area contributed by atoms with Crippen LogP contribution in [0.15, 0.2) is 97.1 Å². The Morgan fingerprint density at radius 1 is 0.900 bits per heavy atom. The summed E-state index contributed by atoms with van der Waals surface area (Å²) in [5, 5.41) is 32.0. The average Bonchev–Trinajstić information content (AvgIpc) is 3.22. The molecular formula is C33H33FN2O3S. The Labute approximate surface area is 239 Å². The maximum absolute atomic E-state index is 13.3. The topological polar surface area (TPSA) is 67.2 Å². The fourth-order valence-corrected chi connectivity index (χ4v) is 5.89. The Kier molecular flexibility index (Phi) is 8.45. The second-order valence-electron chi connectivity index (χ2n) is 10.2. The minimum atomic E-state index is -0.698. The van der Waals surface area contributed by atoms with Gasteiger partial charge in [-0.15, -0.1) is 0 Å². The second kappa shape index (κ2) is 12.2. The van der Waals surface area contributed by atoms with Crippen LogP contribution in [0.4, 0.5) is 10.1 Å². The van der Waals surface area contributed by atoms with Gasteiger partial charge in [-0.3, -0.25) is 0 Å². The highest BCUT2D eigenvalue weighted by atomic mass is 32.1. The highest BCUT2D eigenvalue weighted by Gasteiger charge is 2.43. The number of aliphatic hydroxyl groups is 2. The molecule has 4 aromatic carbocycles. The molecule has 4 aromatic rings. The largest absolute Gasteiger partial charge is 0.508 e. The molecule has 3 atom stereocenters. The third-order valence-electron chi connectivity index (χ3n) is 7.73. The van der Waals surface area contributed by atoms with Crippen LogP contribution in [0, 0.1) is 5.82 Å². The molecule has 7 heteroatoms. The predicted molar refractivity (Wildman–Crippen MR) is 160 cm³/mol. The van der Waals surface area contributed by atoms with Crippen LogP contribution < -0.4 is 4.90 Å². The number of nitrogens with zero attached hydrogens (tertiary/aromatic N) is 2. The highest BCUT2D eigenvalue weighted by molar-refractivity contribution is 7.80. The van der Waals surface area contributed by atoms with E-state index >= 15 is 0 Å². The summed E-state index contributed by atoms with van der Waals surface area (Å²) in [6.07, 6.45) is 1.22. The molecule has 1 unspecified atom stereocenters. The smallest absolute Gasteiger partial charge is 0.176 e. The summed E-state index contributed by atoms with van der Waals surface area (Å²) in [6.45, 7) is -0.161. The highest BCUT2D eigenvalue weighted by Crippen LogP contribution is 2.44. The summed E-state index contributed by atoms with van der Waals surface area (Å²) >= 11 is 5.95. The van der Waals surface area contributed by atoms with Gasteiger partial charge in [-0.2, -0.15) is 0 Å². The number of benzene rings is 4. The van der Waals surface area contributed by atoms with Crippen molar-refractivity contribution < 1.29 is 19.7 Å². The van der Waals surface area contributed by atoms with E-state index in [2.05, 4.69) is 46.2 Å². The number of phenols is 1. The van der Waals surface area contributed by atoms with E-state index in [9.17, 15) is 19.7 Å². The third-order valence-corrected chi connectivity index (χ3v) is 8.21. The number of aromatic hydroxyl groups is 1. The quantitative estimate of drug-likeness (QED) is 0.198. The first-order chi connectivity index (χ1) is 19.4. The van der Waals surface area contributed by atoms with Crippen LogP contribution in [0.1, 0.15) is 48.1 Å². The van der Waals surface area contributed by atoms with Crippen molar-refractivity contribution in [3.05, 3.63) is 120 Å². The molecule has 0 bridgehead atoms. The van der Waals surface area contributed by atoms with Crippen molar-refractivity contribution in [2.24, 2.45) is 0 Å². The molecular weight excluding hydrogens is 523 g/mol. The van der Waals surface area contributed by atoms with Gasteiger partial charge in [-0.25, -0.2) is 4.39 Å². The Morgan fingerprint density at radius 2 is 1.57 bits per heavy atom. The number of halogens is 1. The zero-order chi connectivity index (χ0) is 28.2. The van der Waals surface area contributed by atoms with Gasteiger partial charge >= 0.3 is 0 Å². The molecule has 1 heterocycles. The van der Waals surface area contributed by atoms with E-state index < -0.39 is 6.10 Å². The van der Waals surface area contributed by atoms with E-state index in [0.717, 1.165) is 22.4 Å². The molecule has 0 aliphatic carbocycles. The number of anilines is 1. The van der Waals surface area contributed by atoms with Crippen LogP contribution in [0.3, 0.4) is 0 Å². The van der Waals surface area contributed by atoms with E-state index in [-0.39, 0.29) is 30.3 Å². The maximum atomic E-state index is 13.3. The Hall–Kier alpha value is -3.78. The molecule has 206 valence electrons. The number of hydrogen-bond acceptors (Lipinski definition) is 4. The zero-order valence-electron chi connectivity index (χ0n) is 22.3. The van der Waals surface area contributed by atoms with Gasteiger partial charge in [0.2, 0.25) is 0 Å². The molecule has 3 N–H and O–H groups in total. The Bertz CT molecular complexity index is 1450. The number of likely N-dealkylation sites (N-methyl/N-ethyl adjacent to an activating group) is 1. The number of rotatable bonds is 9. The van der Waals surface area contributed by atoms with Gasteiger partial charge < -0.3 is 25.1 Å². The lowest BCUT2D eigenvalue weighted by atomic mass is 9.92. The SMILES string of the molecule is CN1C(=S)N(c2ccc(-c3ccccc3)cc2)[C@H](c2ccc(CO)cc2O)[C@H]1CCCC(O)c1ccc(F)cc1. The monoisotopic (exact) mass is 556 g/mol. The molecule has 0 aromatic heterocycles. The average molecular weight is 557 g/mol. The standard InChI is InChI=1S/C33H33FN2O3S/c1-35-29(8-5-9-30(38)25-11-15-26(34)16-12-25)32(28-19-10-22(21-37)20-31(28)39)36(33(35)40)27-17-13-24(14-18-27)23-6-3-2-4-7-23/h2-4,6-7,10-20,29-30,32,37-39H,5,8-9,21H2,1H3/t29-,30?,32-/m1/s1. The van der Waals surface area contributed by atoms with Crippen LogP contribution >= 0.6 is 12.2 Å². The zero-order valence-corrected chi connectivity index (χ0v) is 23.1. The normalized spacial score (nSPS) is 17.9. The summed E-state index contributed by atoms with van der Waals surface area (Å²) in [4.78, 5) is 4.15. The molecule has 1 fully saturated rings. The van der Waals surface area contributed by atoms with Crippen LogP contribution in [0.5, 0.6) is 5.75 Å². The van der Waals surface area contributed by atoms with E-state index in [1.807, 2.05) is 37.4 Å². The first-order valence-electron chi connectivity index (χ1n) is 13.4. The summed E-state index contributed by atoms with van der Waals surface area (Å²) in [6, 6.07) is 29.3. The molecule has 1 saturated heterocycles. The number of aliphatic hydroxyl groups excluding tert-OH is 2. The Balaban J connectivity index is 1.43. The summed E-state index contributed by atoms with van der Waals surface area (Å²) in [5.74, 6) is -0.222. The number of phenolic OH excluding ortho intramolecular Hbond substituents is 1. The first-order valence-corrected chi connectivity index (χ1v) is 13.9. The lowest BCUT2D eigenvalue weighted by Crippen LogP contribution is -2.30. The van der Waals surface area contributed by atoms with Crippen molar-refractivity contribution >= 4 is 23.0 Å². The molecule has 0 amide bonds. The van der Waals surface area contributed by atoms with Crippen molar-refractivity contribution in [1.82, 2.24) is 4.90 Å². The minimum absolute atomic E-state index is 0.0763. The van der Waals surface area contributed by atoms with Crippen LogP contribution in [0.2, 0.25) is 0 Å². The number of thiocarbonyl (C=S) groups is 1. The fraction of sp³-hybridized carbons (Fsp3) is 0.242.